The molecule has 0 N–H and O–H groups in total. The van der Waals surface area contributed by atoms with Crippen molar-refractivity contribution in [1.29, 1.82) is 0 Å². The predicted molar refractivity (Wildman–Crippen MR) is 220 cm³/mol. The highest BCUT2D eigenvalue weighted by atomic mass is 32.1. The summed E-state index contributed by atoms with van der Waals surface area (Å²) in [5.41, 5.74) is 8.52. The first kappa shape index (κ1) is 29.4. The Labute approximate surface area is 311 Å². The molecule has 7 nitrogen and oxygen atoms in total. The Morgan fingerprint density at radius 2 is 1.02 bits per heavy atom. The molecule has 0 bridgehead atoms. The Morgan fingerprint density at radius 3 is 1.80 bits per heavy atom. The molecular formula is C46H26N6OS. The lowest BCUT2D eigenvalue weighted by Gasteiger charge is -2.12. The van der Waals surface area contributed by atoms with E-state index in [-0.39, 0.29) is 0 Å². The summed E-state index contributed by atoms with van der Waals surface area (Å²) in [5, 5.41) is 7.56. The minimum atomic E-state index is 0.531. The molecule has 252 valence electrons. The van der Waals surface area contributed by atoms with E-state index in [9.17, 15) is 0 Å². The zero-order valence-electron chi connectivity index (χ0n) is 28.5. The maximum absolute atomic E-state index is 6.32. The van der Waals surface area contributed by atoms with Crippen LogP contribution in [0, 0.1) is 0 Å². The van der Waals surface area contributed by atoms with Crippen molar-refractivity contribution in [1.82, 2.24) is 29.1 Å². The summed E-state index contributed by atoms with van der Waals surface area (Å²) >= 11 is 1.70. The van der Waals surface area contributed by atoms with Crippen LogP contribution in [-0.4, -0.2) is 29.1 Å². The van der Waals surface area contributed by atoms with E-state index in [2.05, 4.69) is 106 Å². The van der Waals surface area contributed by atoms with Crippen LogP contribution in [0.3, 0.4) is 0 Å². The van der Waals surface area contributed by atoms with Crippen LogP contribution in [0.2, 0.25) is 0 Å². The molecule has 12 aromatic rings. The number of rotatable bonds is 4. The SMILES string of the molecule is c1ccc(-c2nc(-c3ccc4c(c3)oc3ccccc34)nc(-n3c4ccccc4c4ccc5c6ccccc6n(-c6nc7ccccc7s6)c5c43)n2)cc1. The molecule has 0 unspecified atom stereocenters. The van der Waals surface area contributed by atoms with Crippen LogP contribution in [0.25, 0.3) is 110 Å². The van der Waals surface area contributed by atoms with Crippen molar-refractivity contribution in [3.05, 3.63) is 158 Å². The third-order valence-electron chi connectivity index (χ3n) is 10.4. The highest BCUT2D eigenvalue weighted by Gasteiger charge is 2.24. The standard InChI is InChI=1S/C46H26N6OS/c1-2-12-27(13-3-1)43-48-44(28-22-23-32-31-16-6-10-20-38(31)53-39(32)26-28)50-45(49-43)51-36-18-8-4-14-29(36)33-24-25-34-30-15-5-9-19-37(30)52(42(34)41(33)51)46-47-35-17-7-11-21-40(35)54-46/h1-26H. The van der Waals surface area contributed by atoms with Gasteiger partial charge in [0, 0.05) is 43.4 Å². The van der Waals surface area contributed by atoms with Crippen LogP contribution in [0.5, 0.6) is 0 Å². The third-order valence-corrected chi connectivity index (χ3v) is 11.5. The van der Waals surface area contributed by atoms with Gasteiger partial charge in [0.1, 0.15) is 11.2 Å². The minimum Gasteiger partial charge on any atom is -0.456 e. The second-order valence-corrected chi connectivity index (χ2v) is 14.5. The van der Waals surface area contributed by atoms with Crippen LogP contribution in [0.1, 0.15) is 0 Å². The molecular weight excluding hydrogens is 685 g/mol. The summed E-state index contributed by atoms with van der Waals surface area (Å²) in [5.74, 6) is 1.68. The average Bonchev–Trinajstić information content (AvgIpc) is 3.99. The lowest BCUT2D eigenvalue weighted by atomic mass is 10.1. The number of benzene rings is 7. The van der Waals surface area contributed by atoms with Gasteiger partial charge in [-0.2, -0.15) is 9.97 Å². The number of aromatic nitrogens is 6. The van der Waals surface area contributed by atoms with Gasteiger partial charge in [0.25, 0.3) is 0 Å². The number of thiazole rings is 1. The smallest absolute Gasteiger partial charge is 0.238 e. The Balaban J connectivity index is 1.21. The van der Waals surface area contributed by atoms with E-state index >= 15 is 0 Å². The van der Waals surface area contributed by atoms with E-state index < -0.39 is 0 Å². The molecule has 0 saturated carbocycles. The van der Waals surface area contributed by atoms with E-state index in [0.717, 1.165) is 92.0 Å². The fourth-order valence-electron chi connectivity index (χ4n) is 8.04. The highest BCUT2D eigenvalue weighted by molar-refractivity contribution is 7.20. The molecule has 0 spiro atoms. The molecule has 0 atom stereocenters. The quantitative estimate of drug-likeness (QED) is 0.182. The predicted octanol–water partition coefficient (Wildman–Crippen LogP) is 11.9. The molecule has 54 heavy (non-hydrogen) atoms. The van der Waals surface area contributed by atoms with E-state index in [4.69, 9.17) is 24.4 Å². The van der Waals surface area contributed by atoms with Crippen molar-refractivity contribution in [3.8, 4) is 33.9 Å². The fourth-order valence-corrected chi connectivity index (χ4v) is 9.02. The van der Waals surface area contributed by atoms with Gasteiger partial charge in [-0.05, 0) is 42.5 Å². The van der Waals surface area contributed by atoms with Crippen LogP contribution in [0.4, 0.5) is 0 Å². The molecule has 8 heteroatoms. The number of nitrogens with zero attached hydrogens (tertiary/aromatic N) is 6. The largest absolute Gasteiger partial charge is 0.456 e. The summed E-state index contributed by atoms with van der Waals surface area (Å²) in [6.07, 6.45) is 0. The summed E-state index contributed by atoms with van der Waals surface area (Å²) in [4.78, 5) is 20.9. The Kier molecular flexibility index (Phi) is 6.09. The first-order valence-corrected chi connectivity index (χ1v) is 18.6. The van der Waals surface area contributed by atoms with Gasteiger partial charge in [-0.1, -0.05) is 127 Å². The van der Waals surface area contributed by atoms with Gasteiger partial charge in [0.05, 0.1) is 32.3 Å². The van der Waals surface area contributed by atoms with E-state index in [1.54, 1.807) is 11.3 Å². The summed E-state index contributed by atoms with van der Waals surface area (Å²) in [6, 6.07) is 54.4. The van der Waals surface area contributed by atoms with Crippen molar-refractivity contribution in [2.45, 2.75) is 0 Å². The highest BCUT2D eigenvalue weighted by Crippen LogP contribution is 2.42. The van der Waals surface area contributed by atoms with Gasteiger partial charge in [0.2, 0.25) is 5.95 Å². The molecule has 0 aliphatic carbocycles. The zero-order valence-corrected chi connectivity index (χ0v) is 29.3. The molecule has 0 amide bonds. The second-order valence-electron chi connectivity index (χ2n) is 13.5. The number of hydrogen-bond acceptors (Lipinski definition) is 6. The van der Waals surface area contributed by atoms with Crippen LogP contribution < -0.4 is 0 Å². The fraction of sp³-hybridized carbons (Fsp3) is 0. The molecule has 5 aromatic heterocycles. The third kappa shape index (κ3) is 4.22. The summed E-state index contributed by atoms with van der Waals surface area (Å²) in [7, 11) is 0. The average molecular weight is 711 g/mol. The molecule has 0 saturated heterocycles. The molecule has 0 aliphatic heterocycles. The van der Waals surface area contributed by atoms with Gasteiger partial charge >= 0.3 is 0 Å². The van der Waals surface area contributed by atoms with Crippen molar-refractivity contribution < 1.29 is 4.42 Å². The van der Waals surface area contributed by atoms with Gasteiger partial charge in [0.15, 0.2) is 16.8 Å². The van der Waals surface area contributed by atoms with Gasteiger partial charge in [-0.25, -0.2) is 9.97 Å². The first-order chi connectivity index (χ1) is 26.8. The molecule has 0 fully saturated rings. The number of furan rings is 1. The normalized spacial score (nSPS) is 12.1. The number of hydrogen-bond donors (Lipinski definition) is 0. The molecule has 12 rings (SSSR count). The van der Waals surface area contributed by atoms with Crippen molar-refractivity contribution in [2.24, 2.45) is 0 Å². The lowest BCUT2D eigenvalue weighted by molar-refractivity contribution is 0.669. The zero-order chi connectivity index (χ0) is 35.3. The minimum absolute atomic E-state index is 0.531. The summed E-state index contributed by atoms with van der Waals surface area (Å²) < 4.78 is 12.0. The van der Waals surface area contributed by atoms with Gasteiger partial charge < -0.3 is 4.42 Å². The molecule has 0 aliphatic rings. The van der Waals surface area contributed by atoms with Gasteiger partial charge in [-0.15, -0.1) is 0 Å². The Morgan fingerprint density at radius 1 is 0.426 bits per heavy atom. The van der Waals surface area contributed by atoms with E-state index in [1.807, 2.05) is 60.7 Å². The molecule has 7 aromatic carbocycles. The van der Waals surface area contributed by atoms with Crippen molar-refractivity contribution in [3.63, 3.8) is 0 Å². The molecule has 0 radical (unpaired) electrons. The monoisotopic (exact) mass is 710 g/mol. The van der Waals surface area contributed by atoms with Gasteiger partial charge in [-0.3, -0.25) is 9.13 Å². The maximum Gasteiger partial charge on any atom is 0.238 e. The van der Waals surface area contributed by atoms with Crippen LogP contribution in [-0.2, 0) is 0 Å². The molecule has 5 heterocycles. The number of fused-ring (bicyclic) bond motifs is 11. The maximum atomic E-state index is 6.32. The van der Waals surface area contributed by atoms with Crippen molar-refractivity contribution >= 4 is 87.1 Å². The summed E-state index contributed by atoms with van der Waals surface area (Å²) in [6.45, 7) is 0. The Hall–Kier alpha value is -7.16. The van der Waals surface area contributed by atoms with Crippen molar-refractivity contribution in [2.75, 3.05) is 0 Å². The van der Waals surface area contributed by atoms with Crippen LogP contribution >= 0.6 is 11.3 Å². The topological polar surface area (TPSA) is 74.6 Å². The van der Waals surface area contributed by atoms with E-state index in [1.165, 1.54) is 0 Å². The second kappa shape index (κ2) is 11.2. The lowest BCUT2D eigenvalue weighted by Crippen LogP contribution is -2.07. The van der Waals surface area contributed by atoms with E-state index in [0.29, 0.717) is 17.6 Å². The number of para-hydroxylation sites is 4. The Bertz CT molecular complexity index is 3430. The van der Waals surface area contributed by atoms with Crippen LogP contribution in [0.15, 0.2) is 162 Å². The first-order valence-electron chi connectivity index (χ1n) is 17.8.